The van der Waals surface area contributed by atoms with Gasteiger partial charge in [-0.3, -0.25) is 4.68 Å². The molecule has 1 N–H and O–H groups in total. The maximum Gasteiger partial charge on any atom is 0.123 e. The standard InChI is InChI=1S/C16H23N3O/c1-12(2)15-9-14(19(3)18-15)11-17-10-13-7-5-6-8-16(13)20-4/h5-9,12,17H,10-11H2,1-4H3. The molecule has 20 heavy (non-hydrogen) atoms. The van der Waals surface area contributed by atoms with E-state index in [1.54, 1.807) is 7.11 Å². The zero-order valence-corrected chi connectivity index (χ0v) is 12.7. The van der Waals surface area contributed by atoms with Gasteiger partial charge in [-0.15, -0.1) is 0 Å². The molecule has 2 aromatic rings. The third-order valence-corrected chi connectivity index (χ3v) is 3.40. The molecule has 0 radical (unpaired) electrons. The molecule has 0 aliphatic heterocycles. The number of para-hydroxylation sites is 1. The van der Waals surface area contributed by atoms with Gasteiger partial charge in [-0.2, -0.15) is 5.10 Å². The zero-order valence-electron chi connectivity index (χ0n) is 12.7. The van der Waals surface area contributed by atoms with Crippen molar-refractivity contribution in [3.8, 4) is 5.75 Å². The summed E-state index contributed by atoms with van der Waals surface area (Å²) in [5, 5.41) is 7.97. The number of aryl methyl sites for hydroxylation is 1. The minimum Gasteiger partial charge on any atom is -0.496 e. The highest BCUT2D eigenvalue weighted by atomic mass is 16.5. The van der Waals surface area contributed by atoms with Crippen molar-refractivity contribution in [2.45, 2.75) is 32.9 Å². The van der Waals surface area contributed by atoms with Gasteiger partial charge < -0.3 is 10.1 Å². The summed E-state index contributed by atoms with van der Waals surface area (Å²) in [6.45, 7) is 5.91. The third-order valence-electron chi connectivity index (χ3n) is 3.40. The van der Waals surface area contributed by atoms with Gasteiger partial charge in [0.2, 0.25) is 0 Å². The second-order valence-corrected chi connectivity index (χ2v) is 5.25. The van der Waals surface area contributed by atoms with Crippen LogP contribution in [-0.4, -0.2) is 16.9 Å². The van der Waals surface area contributed by atoms with Crippen molar-refractivity contribution >= 4 is 0 Å². The Labute approximate surface area is 120 Å². The number of nitrogens with one attached hydrogen (secondary N) is 1. The number of ether oxygens (including phenoxy) is 1. The minimum absolute atomic E-state index is 0.462. The van der Waals surface area contributed by atoms with Crippen LogP contribution in [0, 0.1) is 0 Å². The molecule has 0 unspecified atom stereocenters. The average Bonchev–Trinajstić information content (AvgIpc) is 2.81. The predicted octanol–water partition coefficient (Wildman–Crippen LogP) is 2.84. The molecule has 0 saturated heterocycles. The Balaban J connectivity index is 1.96. The molecule has 0 saturated carbocycles. The number of aromatic nitrogens is 2. The monoisotopic (exact) mass is 273 g/mol. The first kappa shape index (κ1) is 14.6. The molecule has 4 heteroatoms. The molecule has 0 amide bonds. The van der Waals surface area contributed by atoms with Gasteiger partial charge in [0.1, 0.15) is 5.75 Å². The molecule has 4 nitrogen and oxygen atoms in total. The summed E-state index contributed by atoms with van der Waals surface area (Å²) in [7, 11) is 3.70. The molecule has 108 valence electrons. The topological polar surface area (TPSA) is 39.1 Å². The van der Waals surface area contributed by atoms with Crippen LogP contribution in [0.5, 0.6) is 5.75 Å². The van der Waals surface area contributed by atoms with Crippen LogP contribution in [0.3, 0.4) is 0 Å². The molecule has 0 spiro atoms. The molecule has 2 rings (SSSR count). The summed E-state index contributed by atoms with van der Waals surface area (Å²) in [6, 6.07) is 10.2. The van der Waals surface area contributed by atoms with E-state index in [-0.39, 0.29) is 0 Å². The van der Waals surface area contributed by atoms with Crippen molar-refractivity contribution in [2.24, 2.45) is 7.05 Å². The van der Waals surface area contributed by atoms with E-state index in [1.807, 2.05) is 29.9 Å². The Morgan fingerprint density at radius 3 is 2.65 bits per heavy atom. The summed E-state index contributed by atoms with van der Waals surface area (Å²) >= 11 is 0. The number of benzene rings is 1. The van der Waals surface area contributed by atoms with Gasteiger partial charge in [-0.05, 0) is 18.1 Å². The molecular weight excluding hydrogens is 250 g/mol. The van der Waals surface area contributed by atoms with Crippen molar-refractivity contribution in [3.05, 3.63) is 47.3 Å². The van der Waals surface area contributed by atoms with Crippen LogP contribution < -0.4 is 10.1 Å². The average molecular weight is 273 g/mol. The number of rotatable bonds is 6. The van der Waals surface area contributed by atoms with E-state index >= 15 is 0 Å². The molecule has 0 aliphatic carbocycles. The third kappa shape index (κ3) is 3.39. The van der Waals surface area contributed by atoms with Crippen molar-refractivity contribution in [1.82, 2.24) is 15.1 Å². The highest BCUT2D eigenvalue weighted by molar-refractivity contribution is 5.33. The van der Waals surface area contributed by atoms with Crippen LogP contribution in [0.1, 0.15) is 36.7 Å². The van der Waals surface area contributed by atoms with Crippen LogP contribution in [0.15, 0.2) is 30.3 Å². The van der Waals surface area contributed by atoms with Crippen LogP contribution in [0.2, 0.25) is 0 Å². The van der Waals surface area contributed by atoms with Crippen molar-refractivity contribution in [3.63, 3.8) is 0 Å². The first-order valence-electron chi connectivity index (χ1n) is 6.97. The molecule has 0 bridgehead atoms. The molecule has 1 aromatic carbocycles. The summed E-state index contributed by atoms with van der Waals surface area (Å²) in [4.78, 5) is 0. The SMILES string of the molecule is COc1ccccc1CNCc1cc(C(C)C)nn1C. The lowest BCUT2D eigenvalue weighted by Gasteiger charge is -2.09. The predicted molar refractivity (Wildman–Crippen MR) is 80.8 cm³/mol. The Morgan fingerprint density at radius 1 is 1.25 bits per heavy atom. The number of methoxy groups -OCH3 is 1. The van der Waals surface area contributed by atoms with E-state index in [0.29, 0.717) is 5.92 Å². The fraction of sp³-hybridized carbons (Fsp3) is 0.438. The number of hydrogen-bond acceptors (Lipinski definition) is 3. The maximum absolute atomic E-state index is 5.35. The summed E-state index contributed by atoms with van der Waals surface area (Å²) < 4.78 is 7.30. The molecular formula is C16H23N3O. The van der Waals surface area contributed by atoms with Gasteiger partial charge >= 0.3 is 0 Å². The van der Waals surface area contributed by atoms with Gasteiger partial charge in [0.15, 0.2) is 0 Å². The van der Waals surface area contributed by atoms with E-state index in [9.17, 15) is 0 Å². The Hall–Kier alpha value is -1.81. The first-order chi connectivity index (χ1) is 9.61. The summed E-state index contributed by atoms with van der Waals surface area (Å²) in [5.74, 6) is 1.39. The van der Waals surface area contributed by atoms with Crippen molar-refractivity contribution in [1.29, 1.82) is 0 Å². The quantitative estimate of drug-likeness (QED) is 0.879. The molecule has 1 heterocycles. The molecule has 0 aliphatic rings. The minimum atomic E-state index is 0.462. The van der Waals surface area contributed by atoms with Crippen LogP contribution in [-0.2, 0) is 20.1 Å². The fourth-order valence-electron chi connectivity index (χ4n) is 2.15. The first-order valence-corrected chi connectivity index (χ1v) is 6.97. The van der Waals surface area contributed by atoms with E-state index in [0.717, 1.165) is 24.5 Å². The van der Waals surface area contributed by atoms with Crippen molar-refractivity contribution < 1.29 is 4.74 Å². The maximum atomic E-state index is 5.35. The van der Waals surface area contributed by atoms with E-state index < -0.39 is 0 Å². The lowest BCUT2D eigenvalue weighted by Crippen LogP contribution is -2.15. The molecule has 1 aromatic heterocycles. The van der Waals surface area contributed by atoms with Gasteiger partial charge in [0, 0.05) is 25.7 Å². The Kier molecular flexibility index (Phi) is 4.79. The van der Waals surface area contributed by atoms with Crippen molar-refractivity contribution in [2.75, 3.05) is 7.11 Å². The number of hydrogen-bond donors (Lipinski definition) is 1. The van der Waals surface area contributed by atoms with Crippen LogP contribution in [0.4, 0.5) is 0 Å². The number of nitrogens with zero attached hydrogens (tertiary/aromatic N) is 2. The van der Waals surface area contributed by atoms with E-state index in [4.69, 9.17) is 4.74 Å². The normalized spacial score (nSPS) is 11.1. The zero-order chi connectivity index (χ0) is 14.5. The smallest absolute Gasteiger partial charge is 0.123 e. The molecule has 0 atom stereocenters. The van der Waals surface area contributed by atoms with Crippen LogP contribution >= 0.6 is 0 Å². The lowest BCUT2D eigenvalue weighted by atomic mass is 10.1. The Bertz CT molecular complexity index is 561. The largest absolute Gasteiger partial charge is 0.496 e. The van der Waals surface area contributed by atoms with Gasteiger partial charge in [-0.1, -0.05) is 32.0 Å². The highest BCUT2D eigenvalue weighted by Crippen LogP contribution is 2.17. The summed E-state index contributed by atoms with van der Waals surface area (Å²) in [5.41, 5.74) is 3.51. The van der Waals surface area contributed by atoms with E-state index in [2.05, 4.69) is 36.4 Å². The Morgan fingerprint density at radius 2 is 2.00 bits per heavy atom. The molecule has 0 fully saturated rings. The second kappa shape index (κ2) is 6.57. The highest BCUT2D eigenvalue weighted by Gasteiger charge is 2.08. The van der Waals surface area contributed by atoms with Gasteiger partial charge in [0.05, 0.1) is 18.5 Å². The summed E-state index contributed by atoms with van der Waals surface area (Å²) in [6.07, 6.45) is 0. The van der Waals surface area contributed by atoms with Gasteiger partial charge in [0.25, 0.3) is 0 Å². The second-order valence-electron chi connectivity index (χ2n) is 5.25. The lowest BCUT2D eigenvalue weighted by molar-refractivity contribution is 0.407. The van der Waals surface area contributed by atoms with Crippen LogP contribution in [0.25, 0.3) is 0 Å². The van der Waals surface area contributed by atoms with Gasteiger partial charge in [-0.25, -0.2) is 0 Å². The van der Waals surface area contributed by atoms with E-state index in [1.165, 1.54) is 11.3 Å². The fourth-order valence-corrected chi connectivity index (χ4v) is 2.15.